The molecule has 0 bridgehead atoms. The summed E-state index contributed by atoms with van der Waals surface area (Å²) in [6.07, 6.45) is 0. The van der Waals surface area contributed by atoms with Crippen molar-refractivity contribution in [3.63, 3.8) is 0 Å². The second-order valence-corrected chi connectivity index (χ2v) is 7.48. The molecule has 0 saturated heterocycles. The second-order valence-electron chi connectivity index (χ2n) is 4.23. The summed E-state index contributed by atoms with van der Waals surface area (Å²) in [6.45, 7) is 0. The molecule has 0 aromatic heterocycles. The van der Waals surface area contributed by atoms with Crippen molar-refractivity contribution in [3.8, 4) is 0 Å². The summed E-state index contributed by atoms with van der Waals surface area (Å²) in [6, 6.07) is 12.2. The van der Waals surface area contributed by atoms with Gasteiger partial charge in [0.15, 0.2) is 0 Å². The molecule has 1 amide bonds. The maximum Gasteiger partial charge on any atom is 0.237 e. The summed E-state index contributed by atoms with van der Waals surface area (Å²) in [5, 5.41) is 2.70. The minimum absolute atomic E-state index is 0.137. The maximum atomic E-state index is 12.2. The highest BCUT2D eigenvalue weighted by Gasteiger charge is 2.13. The molecule has 2 aromatic carbocycles. The van der Waals surface area contributed by atoms with E-state index >= 15 is 0 Å². The van der Waals surface area contributed by atoms with Crippen LogP contribution in [0, 0.1) is 0 Å². The number of anilines is 2. The van der Waals surface area contributed by atoms with Gasteiger partial charge in [-0.2, -0.15) is 0 Å². The van der Waals surface area contributed by atoms with Gasteiger partial charge in [-0.25, -0.2) is 0 Å². The van der Waals surface area contributed by atoms with Gasteiger partial charge in [-0.1, -0.05) is 31.9 Å². The number of hydrogen-bond donors (Lipinski definition) is 2. The molecule has 0 spiro atoms. The van der Waals surface area contributed by atoms with Crippen LogP contribution in [0.1, 0.15) is 0 Å². The molecule has 2 rings (SSSR count). The van der Waals surface area contributed by atoms with Crippen molar-refractivity contribution in [2.75, 3.05) is 16.8 Å². The number of nitrogens with two attached hydrogens (primary N) is 1. The summed E-state index contributed by atoms with van der Waals surface area (Å²) in [7, 11) is -1.48. The highest BCUT2D eigenvalue weighted by atomic mass is 79.9. The molecule has 0 aliphatic carbocycles. The smallest absolute Gasteiger partial charge is 0.237 e. The predicted octanol–water partition coefficient (Wildman–Crippen LogP) is 3.54. The lowest BCUT2D eigenvalue weighted by molar-refractivity contribution is -0.113. The van der Waals surface area contributed by atoms with E-state index in [1.807, 2.05) is 12.1 Å². The van der Waals surface area contributed by atoms with Crippen molar-refractivity contribution >= 4 is 59.9 Å². The number of benzene rings is 2. The molecule has 21 heavy (non-hydrogen) atoms. The fraction of sp³-hybridized carbons (Fsp3) is 0.0714. The fourth-order valence-corrected chi connectivity index (χ4v) is 3.30. The maximum absolute atomic E-state index is 12.2. The summed E-state index contributed by atoms with van der Waals surface area (Å²) >= 11 is 6.60. The quantitative estimate of drug-likeness (QED) is 0.727. The first-order valence-corrected chi connectivity index (χ1v) is 8.85. The lowest BCUT2D eigenvalue weighted by Crippen LogP contribution is -2.20. The molecule has 0 radical (unpaired) electrons. The van der Waals surface area contributed by atoms with E-state index in [0.29, 0.717) is 16.3 Å². The number of nitrogens with one attached hydrogen (secondary N) is 1. The Labute approximate surface area is 141 Å². The zero-order valence-corrected chi connectivity index (χ0v) is 14.8. The SMILES string of the molecule is Nc1cc(Br)ccc1S(=O)CC(=O)Nc1ccc(Br)cc1. The van der Waals surface area contributed by atoms with E-state index in [9.17, 15) is 9.00 Å². The predicted molar refractivity (Wildman–Crippen MR) is 92.6 cm³/mol. The van der Waals surface area contributed by atoms with Gasteiger partial charge in [0.25, 0.3) is 0 Å². The lowest BCUT2D eigenvalue weighted by atomic mass is 10.3. The zero-order chi connectivity index (χ0) is 15.4. The van der Waals surface area contributed by atoms with Crippen molar-refractivity contribution in [2.24, 2.45) is 0 Å². The third-order valence-electron chi connectivity index (χ3n) is 2.61. The first kappa shape index (κ1) is 16.2. The summed E-state index contributed by atoms with van der Waals surface area (Å²) < 4.78 is 13.9. The number of amides is 1. The monoisotopic (exact) mass is 430 g/mol. The summed E-state index contributed by atoms with van der Waals surface area (Å²) in [5.74, 6) is -0.458. The van der Waals surface area contributed by atoms with Crippen LogP contribution >= 0.6 is 31.9 Å². The Hall–Kier alpha value is -1.18. The Morgan fingerprint density at radius 1 is 1.10 bits per heavy atom. The highest BCUT2D eigenvalue weighted by Crippen LogP contribution is 2.22. The van der Waals surface area contributed by atoms with Crippen molar-refractivity contribution < 1.29 is 9.00 Å². The van der Waals surface area contributed by atoms with Gasteiger partial charge in [0.05, 0.1) is 15.7 Å². The third-order valence-corrected chi connectivity index (χ3v) is 5.02. The molecule has 0 aliphatic heterocycles. The Morgan fingerprint density at radius 2 is 1.71 bits per heavy atom. The molecule has 3 N–H and O–H groups in total. The van der Waals surface area contributed by atoms with Crippen LogP contribution in [0.15, 0.2) is 56.3 Å². The molecule has 1 unspecified atom stereocenters. The normalized spacial score (nSPS) is 11.9. The van der Waals surface area contributed by atoms with Gasteiger partial charge in [-0.05, 0) is 42.5 Å². The minimum atomic E-state index is -1.48. The number of nitrogen functional groups attached to an aromatic ring is 1. The largest absolute Gasteiger partial charge is 0.398 e. The molecule has 0 saturated carbocycles. The fourth-order valence-electron chi connectivity index (χ4n) is 1.65. The average molecular weight is 432 g/mol. The van der Waals surface area contributed by atoms with Crippen molar-refractivity contribution in [1.29, 1.82) is 0 Å². The minimum Gasteiger partial charge on any atom is -0.398 e. The highest BCUT2D eigenvalue weighted by molar-refractivity contribution is 9.10. The van der Waals surface area contributed by atoms with Gasteiger partial charge in [-0.3, -0.25) is 9.00 Å². The van der Waals surface area contributed by atoms with Crippen LogP contribution in [-0.4, -0.2) is 15.9 Å². The van der Waals surface area contributed by atoms with Gasteiger partial charge in [0, 0.05) is 20.3 Å². The second kappa shape index (κ2) is 7.20. The van der Waals surface area contributed by atoms with Crippen LogP contribution < -0.4 is 11.1 Å². The molecule has 0 heterocycles. The molecule has 4 nitrogen and oxygen atoms in total. The third kappa shape index (κ3) is 4.66. The summed E-state index contributed by atoms with van der Waals surface area (Å²) in [5.41, 5.74) is 6.87. The zero-order valence-electron chi connectivity index (χ0n) is 10.8. The number of carbonyl (C=O) groups is 1. The lowest BCUT2D eigenvalue weighted by Gasteiger charge is -2.07. The van der Waals surface area contributed by atoms with Crippen LogP contribution in [0.4, 0.5) is 11.4 Å². The van der Waals surface area contributed by atoms with Crippen molar-refractivity contribution in [2.45, 2.75) is 4.90 Å². The summed E-state index contributed by atoms with van der Waals surface area (Å²) in [4.78, 5) is 12.4. The molecule has 1 atom stereocenters. The Balaban J connectivity index is 2.02. The van der Waals surface area contributed by atoms with E-state index in [1.54, 1.807) is 30.3 Å². The number of rotatable bonds is 4. The first-order chi connectivity index (χ1) is 9.95. The number of hydrogen-bond acceptors (Lipinski definition) is 3. The molecule has 110 valence electrons. The van der Waals surface area contributed by atoms with E-state index in [4.69, 9.17) is 5.73 Å². The van der Waals surface area contributed by atoms with Crippen molar-refractivity contribution in [3.05, 3.63) is 51.4 Å². The van der Waals surface area contributed by atoms with E-state index in [-0.39, 0.29) is 11.7 Å². The van der Waals surface area contributed by atoms with E-state index < -0.39 is 10.8 Å². The number of carbonyl (C=O) groups excluding carboxylic acids is 1. The Kier molecular flexibility index (Phi) is 5.55. The Bertz CT molecular complexity index is 690. The molecule has 0 fully saturated rings. The van der Waals surface area contributed by atoms with E-state index in [2.05, 4.69) is 37.2 Å². The van der Waals surface area contributed by atoms with E-state index in [1.165, 1.54) is 0 Å². The first-order valence-electron chi connectivity index (χ1n) is 5.94. The van der Waals surface area contributed by atoms with Crippen LogP contribution in [0.2, 0.25) is 0 Å². The number of halogens is 2. The van der Waals surface area contributed by atoms with Crippen LogP contribution in [0.3, 0.4) is 0 Å². The Morgan fingerprint density at radius 3 is 2.33 bits per heavy atom. The molecular weight excluding hydrogens is 420 g/mol. The molecular formula is C14H12Br2N2O2S. The topological polar surface area (TPSA) is 72.2 Å². The van der Waals surface area contributed by atoms with Crippen LogP contribution in [0.5, 0.6) is 0 Å². The van der Waals surface area contributed by atoms with Gasteiger partial charge >= 0.3 is 0 Å². The van der Waals surface area contributed by atoms with Gasteiger partial charge in [0.1, 0.15) is 5.75 Å². The van der Waals surface area contributed by atoms with Gasteiger partial charge in [-0.15, -0.1) is 0 Å². The van der Waals surface area contributed by atoms with Crippen molar-refractivity contribution in [1.82, 2.24) is 0 Å². The van der Waals surface area contributed by atoms with Crippen LogP contribution in [0.25, 0.3) is 0 Å². The van der Waals surface area contributed by atoms with Crippen LogP contribution in [-0.2, 0) is 15.6 Å². The standard InChI is InChI=1S/C14H12Br2N2O2S/c15-9-1-4-11(5-2-9)18-14(19)8-21(20)13-6-3-10(16)7-12(13)17/h1-7H,8,17H2,(H,18,19). The molecule has 2 aromatic rings. The van der Waals surface area contributed by atoms with Gasteiger partial charge in [0.2, 0.25) is 5.91 Å². The van der Waals surface area contributed by atoms with E-state index in [0.717, 1.165) is 8.95 Å². The molecule has 0 aliphatic rings. The molecule has 7 heteroatoms. The van der Waals surface area contributed by atoms with Gasteiger partial charge < -0.3 is 11.1 Å². The average Bonchev–Trinajstić information content (AvgIpc) is 2.41.